The van der Waals surface area contributed by atoms with Crippen molar-refractivity contribution in [1.82, 2.24) is 13.5 Å². The average molecular weight is 358 g/mol. The molecule has 0 aliphatic carbocycles. The summed E-state index contributed by atoms with van der Waals surface area (Å²) in [4.78, 5) is 37.5. The topological polar surface area (TPSA) is 86.0 Å². The number of anilines is 1. The zero-order valence-corrected chi connectivity index (χ0v) is 15.0. The molecule has 1 aromatic carbocycles. The molecule has 8 heteroatoms. The Morgan fingerprint density at radius 3 is 2.56 bits per heavy atom. The summed E-state index contributed by atoms with van der Waals surface area (Å²) in [5.41, 5.74) is 1.40. The number of hydrogen-bond acceptors (Lipinski definition) is 5. The Morgan fingerprint density at radius 2 is 1.92 bits per heavy atom. The number of carbonyl (C=O) groups is 1. The van der Waals surface area contributed by atoms with Crippen molar-refractivity contribution in [1.29, 1.82) is 0 Å². The van der Waals surface area contributed by atoms with Gasteiger partial charge in [-0.05, 0) is 44.4 Å². The summed E-state index contributed by atoms with van der Waals surface area (Å²) >= 11 is 1.09. The van der Waals surface area contributed by atoms with Gasteiger partial charge in [0.25, 0.3) is 5.56 Å². The highest BCUT2D eigenvalue weighted by atomic mass is 32.1. The summed E-state index contributed by atoms with van der Waals surface area (Å²) in [5.74, 6) is -0.340. The molecule has 7 nitrogen and oxygen atoms in total. The maximum absolute atomic E-state index is 12.7. The highest BCUT2D eigenvalue weighted by molar-refractivity contribution is 7.04. The van der Waals surface area contributed by atoms with E-state index in [0.717, 1.165) is 21.7 Å². The lowest BCUT2D eigenvalue weighted by atomic mass is 10.2. The van der Waals surface area contributed by atoms with Crippen molar-refractivity contribution < 1.29 is 4.79 Å². The minimum Gasteiger partial charge on any atom is -0.325 e. The van der Waals surface area contributed by atoms with Gasteiger partial charge in [-0.15, -0.1) is 0 Å². The summed E-state index contributed by atoms with van der Waals surface area (Å²) in [7, 11) is 0. The molecule has 0 radical (unpaired) electrons. The SMILES string of the molecule is Cc1ccc(NC(=O)Cn2c(=O)n(C(C)C)c(=O)c3nscc32)cc1. The summed E-state index contributed by atoms with van der Waals surface area (Å²) < 4.78 is 6.50. The average Bonchev–Trinajstić information content (AvgIpc) is 3.03. The molecule has 0 spiro atoms. The number of hydrogen-bond donors (Lipinski definition) is 1. The van der Waals surface area contributed by atoms with Gasteiger partial charge in [0.2, 0.25) is 5.91 Å². The van der Waals surface area contributed by atoms with Gasteiger partial charge < -0.3 is 5.32 Å². The van der Waals surface area contributed by atoms with Crippen LogP contribution in [0.15, 0.2) is 39.2 Å². The highest BCUT2D eigenvalue weighted by Gasteiger charge is 2.18. The number of carbonyl (C=O) groups excluding carboxylic acids is 1. The lowest BCUT2D eigenvalue weighted by molar-refractivity contribution is -0.116. The fourth-order valence-electron chi connectivity index (χ4n) is 2.59. The molecule has 0 aliphatic heterocycles. The third-order valence-corrected chi connectivity index (χ3v) is 4.47. The normalized spacial score (nSPS) is 11.2. The Kier molecular flexibility index (Phi) is 4.54. The highest BCUT2D eigenvalue weighted by Crippen LogP contribution is 2.12. The molecule has 0 saturated carbocycles. The van der Waals surface area contributed by atoms with Crippen molar-refractivity contribution in [3.63, 3.8) is 0 Å². The van der Waals surface area contributed by atoms with Crippen LogP contribution in [0.5, 0.6) is 0 Å². The second kappa shape index (κ2) is 6.64. The van der Waals surface area contributed by atoms with E-state index in [4.69, 9.17) is 0 Å². The van der Waals surface area contributed by atoms with Crippen LogP contribution in [0, 0.1) is 6.92 Å². The van der Waals surface area contributed by atoms with Crippen LogP contribution in [0.25, 0.3) is 11.0 Å². The number of fused-ring (bicyclic) bond motifs is 1. The first-order chi connectivity index (χ1) is 11.9. The first kappa shape index (κ1) is 17.1. The minimum atomic E-state index is -0.508. The van der Waals surface area contributed by atoms with E-state index in [-0.39, 0.29) is 24.0 Å². The van der Waals surface area contributed by atoms with Crippen LogP contribution in [0.4, 0.5) is 5.69 Å². The number of benzene rings is 1. The van der Waals surface area contributed by atoms with Crippen LogP contribution in [0.2, 0.25) is 0 Å². The predicted octanol–water partition coefficient (Wildman–Crippen LogP) is 2.15. The Bertz CT molecular complexity index is 1040. The molecule has 0 saturated heterocycles. The van der Waals surface area contributed by atoms with Gasteiger partial charge in [0, 0.05) is 17.1 Å². The van der Waals surface area contributed by atoms with E-state index >= 15 is 0 Å². The summed E-state index contributed by atoms with van der Waals surface area (Å²) in [5, 5.41) is 4.38. The molecule has 0 fully saturated rings. The third kappa shape index (κ3) is 3.25. The first-order valence-corrected chi connectivity index (χ1v) is 8.68. The lowest BCUT2D eigenvalue weighted by Gasteiger charge is -2.14. The molecule has 2 heterocycles. The molecule has 0 bridgehead atoms. The quantitative estimate of drug-likeness (QED) is 0.774. The van der Waals surface area contributed by atoms with E-state index in [1.807, 2.05) is 19.1 Å². The number of aromatic nitrogens is 3. The Balaban J connectivity index is 1.99. The van der Waals surface area contributed by atoms with Crippen molar-refractivity contribution in [3.05, 3.63) is 56.0 Å². The third-order valence-electron chi connectivity index (χ3n) is 3.85. The molecule has 0 aliphatic rings. The number of amides is 1. The van der Waals surface area contributed by atoms with Crippen molar-refractivity contribution in [3.8, 4) is 0 Å². The number of rotatable bonds is 4. The van der Waals surface area contributed by atoms with Crippen LogP contribution >= 0.6 is 11.5 Å². The Labute approximate surface area is 147 Å². The maximum atomic E-state index is 12.7. The van der Waals surface area contributed by atoms with Gasteiger partial charge in [-0.3, -0.25) is 18.7 Å². The summed E-state index contributed by atoms with van der Waals surface area (Å²) in [6, 6.07) is 7.06. The molecule has 25 heavy (non-hydrogen) atoms. The van der Waals surface area contributed by atoms with Crippen LogP contribution in [-0.4, -0.2) is 19.4 Å². The number of nitrogens with zero attached hydrogens (tertiary/aromatic N) is 3. The molecule has 2 aromatic heterocycles. The first-order valence-electron chi connectivity index (χ1n) is 7.84. The van der Waals surface area contributed by atoms with Gasteiger partial charge >= 0.3 is 5.69 Å². The second-order valence-corrected chi connectivity index (χ2v) is 6.73. The van der Waals surface area contributed by atoms with E-state index in [1.54, 1.807) is 31.4 Å². The van der Waals surface area contributed by atoms with E-state index in [0.29, 0.717) is 11.2 Å². The Hall–Kier alpha value is -2.74. The van der Waals surface area contributed by atoms with Crippen LogP contribution in [0.3, 0.4) is 0 Å². The fraction of sp³-hybridized carbons (Fsp3) is 0.294. The molecule has 130 valence electrons. The molecule has 0 atom stereocenters. The zero-order chi connectivity index (χ0) is 18.1. The van der Waals surface area contributed by atoms with Gasteiger partial charge in [-0.25, -0.2) is 4.79 Å². The van der Waals surface area contributed by atoms with E-state index in [2.05, 4.69) is 9.69 Å². The standard InChI is InChI=1S/C17H18N4O3S/c1-10(2)21-16(23)15-13(9-25-19-15)20(17(21)24)8-14(22)18-12-6-4-11(3)5-7-12/h4-7,9-10H,8H2,1-3H3,(H,18,22). The van der Waals surface area contributed by atoms with Gasteiger partial charge in [0.15, 0.2) is 5.52 Å². The van der Waals surface area contributed by atoms with Crippen molar-refractivity contribution in [2.45, 2.75) is 33.4 Å². The van der Waals surface area contributed by atoms with E-state index in [1.165, 1.54) is 4.57 Å². The number of aryl methyl sites for hydroxylation is 1. The molecule has 3 rings (SSSR count). The summed E-state index contributed by atoms with van der Waals surface area (Å²) in [6.45, 7) is 5.27. The number of nitrogens with one attached hydrogen (secondary N) is 1. The lowest BCUT2D eigenvalue weighted by Crippen LogP contribution is -2.42. The zero-order valence-electron chi connectivity index (χ0n) is 14.1. The molecule has 1 amide bonds. The van der Waals surface area contributed by atoms with Crippen LogP contribution in [-0.2, 0) is 11.3 Å². The van der Waals surface area contributed by atoms with E-state index < -0.39 is 11.2 Å². The molecular formula is C17H18N4O3S. The van der Waals surface area contributed by atoms with Gasteiger partial charge in [0.05, 0.1) is 5.52 Å². The predicted molar refractivity (Wildman–Crippen MR) is 98.3 cm³/mol. The van der Waals surface area contributed by atoms with Crippen molar-refractivity contribution in [2.24, 2.45) is 0 Å². The second-order valence-electron chi connectivity index (χ2n) is 6.10. The van der Waals surface area contributed by atoms with Crippen LogP contribution < -0.4 is 16.6 Å². The minimum absolute atomic E-state index is 0.186. The monoisotopic (exact) mass is 358 g/mol. The van der Waals surface area contributed by atoms with E-state index in [9.17, 15) is 14.4 Å². The fourth-order valence-corrected chi connectivity index (χ4v) is 3.26. The van der Waals surface area contributed by atoms with Gasteiger partial charge in [-0.2, -0.15) is 4.37 Å². The summed E-state index contributed by atoms with van der Waals surface area (Å²) in [6.07, 6.45) is 0. The largest absolute Gasteiger partial charge is 0.332 e. The Morgan fingerprint density at radius 1 is 1.24 bits per heavy atom. The molecule has 3 aromatic rings. The van der Waals surface area contributed by atoms with Crippen molar-refractivity contribution in [2.75, 3.05) is 5.32 Å². The molecular weight excluding hydrogens is 340 g/mol. The maximum Gasteiger partial charge on any atom is 0.332 e. The van der Waals surface area contributed by atoms with Gasteiger partial charge in [-0.1, -0.05) is 17.7 Å². The molecule has 0 unspecified atom stereocenters. The van der Waals surface area contributed by atoms with Crippen LogP contribution in [0.1, 0.15) is 25.5 Å². The molecule has 1 N–H and O–H groups in total. The van der Waals surface area contributed by atoms with Crippen molar-refractivity contribution >= 4 is 34.2 Å². The van der Waals surface area contributed by atoms with Gasteiger partial charge in [0.1, 0.15) is 6.54 Å². The smallest absolute Gasteiger partial charge is 0.325 e.